The summed E-state index contributed by atoms with van der Waals surface area (Å²) in [6.45, 7) is 4.78. The maximum absolute atomic E-state index is 9.64. The average Bonchev–Trinajstić information content (AvgIpc) is 3.23. The van der Waals surface area contributed by atoms with E-state index in [4.69, 9.17) is 4.42 Å². The predicted octanol–water partition coefficient (Wildman–Crippen LogP) is 3.20. The lowest BCUT2D eigenvalue weighted by Gasteiger charge is -2.32. The van der Waals surface area contributed by atoms with E-state index in [0.717, 1.165) is 38.3 Å². The number of aromatic nitrogens is 1. The van der Waals surface area contributed by atoms with Gasteiger partial charge in [-0.3, -0.25) is 0 Å². The quantitative estimate of drug-likeness (QED) is 0.550. The van der Waals surface area contributed by atoms with E-state index in [-0.39, 0.29) is 0 Å². The fourth-order valence-corrected chi connectivity index (χ4v) is 4.41. The lowest BCUT2D eigenvalue weighted by Crippen LogP contribution is -3.13. The fourth-order valence-electron chi connectivity index (χ4n) is 4.41. The third-order valence-electron chi connectivity index (χ3n) is 6.04. The SMILES string of the molecule is N#Cc1nc(Cc2cccc3ccccc23)oc1N1CC[NH+](Cc2ccccc2)CC1. The molecule has 1 aliphatic heterocycles. The smallest absolute Gasteiger partial charge is 0.235 e. The van der Waals surface area contributed by atoms with Crippen molar-refractivity contribution in [3.8, 4) is 6.07 Å². The van der Waals surface area contributed by atoms with Crippen LogP contribution < -0.4 is 9.80 Å². The van der Waals surface area contributed by atoms with E-state index in [9.17, 15) is 5.26 Å². The molecule has 0 unspecified atom stereocenters. The van der Waals surface area contributed by atoms with Gasteiger partial charge < -0.3 is 14.2 Å². The molecule has 154 valence electrons. The highest BCUT2D eigenvalue weighted by Gasteiger charge is 2.26. The van der Waals surface area contributed by atoms with Gasteiger partial charge in [-0.2, -0.15) is 5.26 Å². The van der Waals surface area contributed by atoms with Crippen molar-refractivity contribution in [3.63, 3.8) is 0 Å². The van der Waals surface area contributed by atoms with Crippen LogP contribution in [0, 0.1) is 11.3 Å². The van der Waals surface area contributed by atoms with E-state index in [1.807, 2.05) is 12.1 Å². The molecule has 5 rings (SSSR count). The van der Waals surface area contributed by atoms with Gasteiger partial charge in [-0.25, -0.2) is 4.98 Å². The second kappa shape index (κ2) is 8.63. The molecule has 0 bridgehead atoms. The van der Waals surface area contributed by atoms with E-state index in [2.05, 4.69) is 76.6 Å². The molecule has 0 atom stereocenters. The zero-order chi connectivity index (χ0) is 21.0. The molecule has 1 aromatic heterocycles. The first kappa shape index (κ1) is 19.3. The summed E-state index contributed by atoms with van der Waals surface area (Å²) in [5.74, 6) is 1.22. The summed E-state index contributed by atoms with van der Waals surface area (Å²) in [7, 11) is 0. The summed E-state index contributed by atoms with van der Waals surface area (Å²) >= 11 is 0. The lowest BCUT2D eigenvalue weighted by molar-refractivity contribution is -0.914. The van der Waals surface area contributed by atoms with Crippen LogP contribution in [0.3, 0.4) is 0 Å². The molecular weight excluding hydrogens is 384 g/mol. The first-order valence-electron chi connectivity index (χ1n) is 10.8. The highest BCUT2D eigenvalue weighted by atomic mass is 16.4. The van der Waals surface area contributed by atoms with Crippen LogP contribution in [0.1, 0.15) is 22.7 Å². The second-order valence-electron chi connectivity index (χ2n) is 8.09. The molecule has 5 heteroatoms. The van der Waals surface area contributed by atoms with Gasteiger partial charge in [0.15, 0.2) is 0 Å². The Balaban J connectivity index is 1.30. The number of quaternary nitrogens is 1. The molecule has 1 N–H and O–H groups in total. The summed E-state index contributed by atoms with van der Waals surface area (Å²) in [6.07, 6.45) is 0.579. The van der Waals surface area contributed by atoms with Gasteiger partial charge in [-0.1, -0.05) is 72.8 Å². The molecular formula is C26H25N4O+. The summed E-state index contributed by atoms with van der Waals surface area (Å²) < 4.78 is 6.13. The Morgan fingerprint density at radius 2 is 1.68 bits per heavy atom. The number of piperazine rings is 1. The van der Waals surface area contributed by atoms with E-state index >= 15 is 0 Å². The predicted molar refractivity (Wildman–Crippen MR) is 121 cm³/mol. The maximum Gasteiger partial charge on any atom is 0.235 e. The van der Waals surface area contributed by atoms with Crippen LogP contribution in [-0.4, -0.2) is 31.2 Å². The topological polar surface area (TPSA) is 57.5 Å². The summed E-state index contributed by atoms with van der Waals surface area (Å²) in [5.41, 5.74) is 2.91. The first-order valence-corrected chi connectivity index (χ1v) is 10.8. The Bertz CT molecular complexity index is 1210. The Hall–Kier alpha value is -3.62. The summed E-state index contributed by atoms with van der Waals surface area (Å²) in [4.78, 5) is 8.24. The monoisotopic (exact) mass is 409 g/mol. The molecule has 0 amide bonds. The van der Waals surface area contributed by atoms with Crippen LogP contribution >= 0.6 is 0 Å². The maximum atomic E-state index is 9.64. The first-order chi connectivity index (χ1) is 15.3. The van der Waals surface area contributed by atoms with Gasteiger partial charge in [0.05, 0.1) is 32.6 Å². The minimum absolute atomic E-state index is 0.391. The Morgan fingerprint density at radius 1 is 0.935 bits per heavy atom. The number of nitrogens with one attached hydrogen (secondary N) is 1. The Morgan fingerprint density at radius 3 is 2.48 bits per heavy atom. The summed E-state index contributed by atoms with van der Waals surface area (Å²) in [5, 5.41) is 12.0. The van der Waals surface area contributed by atoms with Crippen molar-refractivity contribution in [2.45, 2.75) is 13.0 Å². The number of benzene rings is 3. The van der Waals surface area contributed by atoms with E-state index in [0.29, 0.717) is 23.9 Å². The Labute approximate surface area is 182 Å². The molecule has 4 aromatic rings. The minimum atomic E-state index is 0.391. The van der Waals surface area contributed by atoms with E-state index < -0.39 is 0 Å². The number of fused-ring (bicyclic) bond motifs is 1. The molecule has 5 nitrogen and oxygen atoms in total. The van der Waals surface area contributed by atoms with Crippen LogP contribution in [0.25, 0.3) is 10.8 Å². The number of hydrogen-bond acceptors (Lipinski definition) is 4. The molecule has 0 radical (unpaired) electrons. The van der Waals surface area contributed by atoms with Gasteiger partial charge in [0.25, 0.3) is 0 Å². The molecule has 1 saturated heterocycles. The van der Waals surface area contributed by atoms with Gasteiger partial charge in [0.2, 0.25) is 17.5 Å². The van der Waals surface area contributed by atoms with Crippen molar-refractivity contribution in [3.05, 3.63) is 95.5 Å². The third kappa shape index (κ3) is 4.16. The summed E-state index contributed by atoms with van der Waals surface area (Å²) in [6, 6.07) is 27.4. The van der Waals surface area contributed by atoms with Crippen molar-refractivity contribution in [1.29, 1.82) is 5.26 Å². The number of anilines is 1. The normalized spacial score (nSPS) is 14.6. The molecule has 1 fully saturated rings. The van der Waals surface area contributed by atoms with Gasteiger partial charge >= 0.3 is 0 Å². The molecule has 3 aromatic carbocycles. The molecule has 0 saturated carbocycles. The molecule has 31 heavy (non-hydrogen) atoms. The van der Waals surface area contributed by atoms with Crippen LogP contribution in [0.4, 0.5) is 5.88 Å². The van der Waals surface area contributed by atoms with Crippen LogP contribution in [0.15, 0.2) is 77.2 Å². The van der Waals surface area contributed by atoms with Crippen molar-refractivity contribution < 1.29 is 9.32 Å². The zero-order valence-corrected chi connectivity index (χ0v) is 17.4. The van der Waals surface area contributed by atoms with Gasteiger partial charge in [0.1, 0.15) is 12.6 Å². The number of rotatable bonds is 5. The minimum Gasteiger partial charge on any atom is -0.423 e. The van der Waals surface area contributed by atoms with Gasteiger partial charge in [-0.05, 0) is 16.3 Å². The van der Waals surface area contributed by atoms with Gasteiger partial charge in [0, 0.05) is 5.56 Å². The fraction of sp³-hybridized carbons (Fsp3) is 0.231. The van der Waals surface area contributed by atoms with E-state index in [1.54, 1.807) is 4.90 Å². The zero-order valence-electron chi connectivity index (χ0n) is 17.4. The average molecular weight is 410 g/mol. The lowest BCUT2D eigenvalue weighted by atomic mass is 10.0. The van der Waals surface area contributed by atoms with Crippen LogP contribution in [0.2, 0.25) is 0 Å². The van der Waals surface area contributed by atoms with E-state index in [1.165, 1.54) is 16.3 Å². The molecule has 1 aliphatic rings. The standard InChI is InChI=1S/C26H24N4O/c27-18-24-26(30-15-13-29(14-16-30)19-20-7-2-1-3-8-20)31-25(28-24)17-22-11-6-10-21-9-4-5-12-23(21)22/h1-12H,13-17,19H2/p+1. The number of oxazole rings is 1. The molecule has 2 heterocycles. The van der Waals surface area contributed by atoms with Crippen molar-refractivity contribution in [2.75, 3.05) is 31.1 Å². The van der Waals surface area contributed by atoms with Crippen molar-refractivity contribution in [2.24, 2.45) is 0 Å². The molecule has 0 aliphatic carbocycles. The van der Waals surface area contributed by atoms with Crippen LogP contribution in [0.5, 0.6) is 0 Å². The highest BCUT2D eigenvalue weighted by molar-refractivity contribution is 5.85. The van der Waals surface area contributed by atoms with Crippen LogP contribution in [-0.2, 0) is 13.0 Å². The second-order valence-corrected chi connectivity index (χ2v) is 8.09. The third-order valence-corrected chi connectivity index (χ3v) is 6.04. The number of hydrogen-bond donors (Lipinski definition) is 1. The van der Waals surface area contributed by atoms with Crippen molar-refractivity contribution in [1.82, 2.24) is 4.98 Å². The largest absolute Gasteiger partial charge is 0.423 e. The highest BCUT2D eigenvalue weighted by Crippen LogP contribution is 2.26. The van der Waals surface area contributed by atoms with Crippen molar-refractivity contribution >= 4 is 16.7 Å². The number of nitrogens with zero attached hydrogens (tertiary/aromatic N) is 3. The van der Waals surface area contributed by atoms with Gasteiger partial charge in [-0.15, -0.1) is 0 Å². The Kier molecular flexibility index (Phi) is 5.39. The molecule has 0 spiro atoms. The number of nitriles is 1.